The zero-order valence-electron chi connectivity index (χ0n) is 11.9. The molecule has 0 aliphatic carbocycles. The van der Waals surface area contributed by atoms with Crippen LogP contribution in [0.4, 0.5) is 13.2 Å². The first-order valence-electron chi connectivity index (χ1n) is 6.04. The Morgan fingerprint density at radius 2 is 1.95 bits per heavy atom. The Morgan fingerprint density at radius 3 is 2.45 bits per heavy atom. The summed E-state index contributed by atoms with van der Waals surface area (Å²) in [4.78, 5) is 0.973. The number of halogens is 3. The Hall–Kier alpha value is -1.91. The molecule has 0 aliphatic rings. The second-order valence-corrected chi connectivity index (χ2v) is 7.79. The lowest BCUT2D eigenvalue weighted by atomic mass is 10.2. The third-order valence-electron chi connectivity index (χ3n) is 3.20. The van der Waals surface area contributed by atoms with Gasteiger partial charge in [-0.3, -0.25) is 0 Å². The van der Waals surface area contributed by atoms with E-state index < -0.39 is 26.3 Å². The number of nitrogens with zero attached hydrogens (tertiary/aromatic N) is 4. The lowest BCUT2D eigenvalue weighted by molar-refractivity contribution is -0.137. The average molecular weight is 338 g/mol. The third kappa shape index (κ3) is 3.13. The van der Waals surface area contributed by atoms with Crippen molar-refractivity contribution in [3.8, 4) is 0 Å². The van der Waals surface area contributed by atoms with E-state index in [1.54, 1.807) is 0 Å². The SMILES string of the molecule is CC(C)(c1nnn(Cc2cc(C(F)(F)F)co2)n1)S(C)(=O)=O. The molecule has 0 amide bonds. The molecule has 0 fully saturated rings. The van der Waals surface area contributed by atoms with Crippen LogP contribution in [-0.4, -0.2) is 34.9 Å². The smallest absolute Gasteiger partial charge is 0.419 e. The molecule has 11 heteroatoms. The van der Waals surface area contributed by atoms with E-state index in [1.807, 2.05) is 0 Å². The molecular formula is C11H13F3N4O3S. The Labute approximate surface area is 124 Å². The van der Waals surface area contributed by atoms with Crippen LogP contribution in [0.25, 0.3) is 0 Å². The summed E-state index contributed by atoms with van der Waals surface area (Å²) in [5, 5.41) is 11.2. The van der Waals surface area contributed by atoms with Gasteiger partial charge >= 0.3 is 6.18 Å². The van der Waals surface area contributed by atoms with Crippen LogP contribution >= 0.6 is 0 Å². The highest BCUT2D eigenvalue weighted by Gasteiger charge is 2.37. The minimum Gasteiger partial charge on any atom is -0.467 e. The first kappa shape index (κ1) is 16.5. The Bertz CT molecular complexity index is 777. The van der Waals surface area contributed by atoms with Crippen molar-refractivity contribution in [1.29, 1.82) is 0 Å². The molecule has 22 heavy (non-hydrogen) atoms. The zero-order chi connectivity index (χ0) is 16.8. The number of hydrogen-bond donors (Lipinski definition) is 0. The maximum Gasteiger partial charge on any atom is 0.419 e. The van der Waals surface area contributed by atoms with E-state index >= 15 is 0 Å². The van der Waals surface area contributed by atoms with Gasteiger partial charge in [-0.25, -0.2) is 8.42 Å². The minimum atomic E-state index is -4.50. The molecule has 0 atom stereocenters. The largest absolute Gasteiger partial charge is 0.467 e. The maximum atomic E-state index is 12.5. The van der Waals surface area contributed by atoms with Crippen LogP contribution in [0.15, 0.2) is 16.7 Å². The Kier molecular flexibility index (Phi) is 3.80. The Morgan fingerprint density at radius 1 is 1.32 bits per heavy atom. The number of rotatable bonds is 4. The van der Waals surface area contributed by atoms with Gasteiger partial charge in [0.05, 0.1) is 5.56 Å². The molecule has 2 heterocycles. The lowest BCUT2D eigenvalue weighted by Gasteiger charge is -2.17. The lowest BCUT2D eigenvalue weighted by Crippen LogP contribution is -2.29. The van der Waals surface area contributed by atoms with Gasteiger partial charge in [0.15, 0.2) is 15.7 Å². The van der Waals surface area contributed by atoms with Crippen molar-refractivity contribution in [3.63, 3.8) is 0 Å². The van der Waals surface area contributed by atoms with Crippen molar-refractivity contribution < 1.29 is 26.0 Å². The highest BCUT2D eigenvalue weighted by Crippen LogP contribution is 2.30. The summed E-state index contributed by atoms with van der Waals surface area (Å²) >= 11 is 0. The second kappa shape index (κ2) is 5.07. The van der Waals surface area contributed by atoms with Gasteiger partial charge in [0.2, 0.25) is 0 Å². The van der Waals surface area contributed by atoms with Crippen LogP contribution in [0.2, 0.25) is 0 Å². The summed E-state index contributed by atoms with van der Waals surface area (Å²) in [6.07, 6.45) is -2.87. The predicted molar refractivity (Wildman–Crippen MR) is 68.5 cm³/mol. The van der Waals surface area contributed by atoms with E-state index in [-0.39, 0.29) is 18.1 Å². The molecule has 7 nitrogen and oxygen atoms in total. The summed E-state index contributed by atoms with van der Waals surface area (Å²) < 4.78 is 64.1. The molecule has 0 unspecified atom stereocenters. The van der Waals surface area contributed by atoms with Crippen molar-refractivity contribution >= 4 is 9.84 Å². The fraction of sp³-hybridized carbons (Fsp3) is 0.545. The summed E-state index contributed by atoms with van der Waals surface area (Å²) in [5.74, 6) is -0.0639. The Balaban J connectivity index is 2.22. The molecule has 0 aromatic carbocycles. The topological polar surface area (TPSA) is 90.9 Å². The molecule has 0 aliphatic heterocycles. The molecule has 0 N–H and O–H groups in total. The fourth-order valence-electron chi connectivity index (χ4n) is 1.47. The first-order valence-corrected chi connectivity index (χ1v) is 7.93. The molecule has 0 saturated heterocycles. The van der Waals surface area contributed by atoms with E-state index in [1.165, 1.54) is 13.8 Å². The molecular weight excluding hydrogens is 325 g/mol. The fourth-order valence-corrected chi connectivity index (χ4v) is 1.88. The van der Waals surface area contributed by atoms with Crippen LogP contribution in [0, 0.1) is 0 Å². The van der Waals surface area contributed by atoms with Crippen LogP contribution in [0.1, 0.15) is 31.0 Å². The van der Waals surface area contributed by atoms with Gasteiger partial charge in [-0.15, -0.1) is 10.2 Å². The van der Waals surface area contributed by atoms with E-state index in [2.05, 4.69) is 15.4 Å². The first-order chi connectivity index (χ1) is 9.91. The van der Waals surface area contributed by atoms with Gasteiger partial charge in [0.25, 0.3) is 0 Å². The number of hydrogen-bond acceptors (Lipinski definition) is 6. The number of furan rings is 1. The maximum absolute atomic E-state index is 12.5. The van der Waals surface area contributed by atoms with Crippen molar-refractivity contribution in [2.24, 2.45) is 0 Å². The highest BCUT2D eigenvalue weighted by molar-refractivity contribution is 7.91. The van der Waals surface area contributed by atoms with Crippen molar-refractivity contribution in [1.82, 2.24) is 20.2 Å². The molecule has 2 aromatic heterocycles. The summed E-state index contributed by atoms with van der Waals surface area (Å²) in [7, 11) is -3.48. The summed E-state index contributed by atoms with van der Waals surface area (Å²) in [6, 6.07) is 0.824. The molecule has 0 radical (unpaired) electrons. The van der Waals surface area contributed by atoms with E-state index in [9.17, 15) is 21.6 Å². The minimum absolute atomic E-state index is 0.0200. The van der Waals surface area contributed by atoms with Crippen molar-refractivity contribution in [2.75, 3.05) is 6.26 Å². The number of aromatic nitrogens is 4. The van der Waals surface area contributed by atoms with Gasteiger partial charge in [-0.05, 0) is 25.1 Å². The quantitative estimate of drug-likeness (QED) is 0.841. The van der Waals surface area contributed by atoms with Crippen LogP contribution in [-0.2, 0) is 27.3 Å². The zero-order valence-corrected chi connectivity index (χ0v) is 12.7. The summed E-state index contributed by atoms with van der Waals surface area (Å²) in [6.45, 7) is 2.64. The average Bonchev–Trinajstić information content (AvgIpc) is 2.96. The molecule has 0 saturated carbocycles. The van der Waals surface area contributed by atoms with Crippen molar-refractivity contribution in [2.45, 2.75) is 31.3 Å². The third-order valence-corrected chi connectivity index (χ3v) is 5.23. The normalized spacial score (nSPS) is 13.5. The van der Waals surface area contributed by atoms with Gasteiger partial charge in [0, 0.05) is 6.26 Å². The van der Waals surface area contributed by atoms with E-state index in [0.717, 1.165) is 17.1 Å². The van der Waals surface area contributed by atoms with Crippen LogP contribution in [0.5, 0.6) is 0 Å². The summed E-state index contributed by atoms with van der Waals surface area (Å²) in [5.41, 5.74) is -0.917. The van der Waals surface area contributed by atoms with Gasteiger partial charge in [-0.1, -0.05) is 0 Å². The second-order valence-electron chi connectivity index (χ2n) is 5.23. The highest BCUT2D eigenvalue weighted by atomic mass is 32.2. The van der Waals surface area contributed by atoms with Gasteiger partial charge in [-0.2, -0.15) is 18.0 Å². The molecule has 0 bridgehead atoms. The van der Waals surface area contributed by atoms with Gasteiger partial charge in [0.1, 0.15) is 23.3 Å². The monoisotopic (exact) mass is 338 g/mol. The number of sulfone groups is 1. The van der Waals surface area contributed by atoms with E-state index in [4.69, 9.17) is 4.42 Å². The number of alkyl halides is 3. The molecule has 122 valence electrons. The van der Waals surface area contributed by atoms with Crippen molar-refractivity contribution in [3.05, 3.63) is 29.5 Å². The van der Waals surface area contributed by atoms with Crippen LogP contribution < -0.4 is 0 Å². The molecule has 2 rings (SSSR count). The predicted octanol–water partition coefficient (Wildman–Crippen LogP) is 1.61. The van der Waals surface area contributed by atoms with Crippen LogP contribution in [0.3, 0.4) is 0 Å². The van der Waals surface area contributed by atoms with Gasteiger partial charge < -0.3 is 4.42 Å². The van der Waals surface area contributed by atoms with E-state index in [0.29, 0.717) is 6.26 Å². The number of tetrazole rings is 1. The molecule has 0 spiro atoms. The standard InChI is InChI=1S/C11H13F3N4O3S/c1-10(2,22(3,19)20)9-15-17-18(16-9)5-8-4-7(6-21-8)11(12,13)14/h4,6H,5H2,1-3H3. The molecule has 2 aromatic rings.